The molecule has 2 N–H and O–H groups in total. The predicted octanol–water partition coefficient (Wildman–Crippen LogP) is 3.07. The Morgan fingerprint density at radius 1 is 0.947 bits per heavy atom. The lowest BCUT2D eigenvalue weighted by Crippen LogP contribution is -2.21. The number of hydrogen-bond acceptors (Lipinski definition) is 2. The molecule has 1 unspecified atom stereocenters. The van der Waals surface area contributed by atoms with Gasteiger partial charge in [0.05, 0.1) is 6.61 Å². The highest BCUT2D eigenvalue weighted by atomic mass is 16.3. The van der Waals surface area contributed by atoms with Crippen molar-refractivity contribution >= 4 is 0 Å². The summed E-state index contributed by atoms with van der Waals surface area (Å²) in [7, 11) is 0. The van der Waals surface area contributed by atoms with Crippen molar-refractivity contribution < 1.29 is 5.11 Å². The van der Waals surface area contributed by atoms with Gasteiger partial charge in [-0.2, -0.15) is 0 Å². The van der Waals surface area contributed by atoms with E-state index in [0.717, 1.165) is 18.5 Å². The highest BCUT2D eigenvalue weighted by molar-refractivity contribution is 5.22. The van der Waals surface area contributed by atoms with E-state index < -0.39 is 0 Å². The van der Waals surface area contributed by atoms with Crippen molar-refractivity contribution in [2.75, 3.05) is 6.54 Å². The topological polar surface area (TPSA) is 32.3 Å². The number of rotatable bonds is 6. The van der Waals surface area contributed by atoms with Crippen molar-refractivity contribution in [3.05, 3.63) is 71.3 Å². The van der Waals surface area contributed by atoms with Crippen LogP contribution in [0, 0.1) is 0 Å². The molecule has 2 nitrogen and oxygen atoms in total. The quantitative estimate of drug-likeness (QED) is 0.831. The van der Waals surface area contributed by atoms with Crippen molar-refractivity contribution in [1.29, 1.82) is 0 Å². The van der Waals surface area contributed by atoms with Gasteiger partial charge in [0.1, 0.15) is 0 Å². The van der Waals surface area contributed by atoms with Gasteiger partial charge in [0.25, 0.3) is 0 Å². The molecule has 0 radical (unpaired) electrons. The highest BCUT2D eigenvalue weighted by Crippen LogP contribution is 2.11. The fourth-order valence-corrected chi connectivity index (χ4v) is 2.10. The normalized spacial score (nSPS) is 12.3. The Bertz CT molecular complexity index is 478. The Morgan fingerprint density at radius 2 is 1.58 bits per heavy atom. The van der Waals surface area contributed by atoms with Gasteiger partial charge >= 0.3 is 0 Å². The monoisotopic (exact) mass is 255 g/mol. The third kappa shape index (κ3) is 4.19. The molecule has 0 saturated heterocycles. The zero-order valence-electron chi connectivity index (χ0n) is 11.3. The molecule has 0 heterocycles. The van der Waals surface area contributed by atoms with E-state index in [0.29, 0.717) is 6.04 Å². The zero-order valence-corrected chi connectivity index (χ0v) is 11.3. The van der Waals surface area contributed by atoms with Gasteiger partial charge in [-0.1, -0.05) is 54.6 Å². The van der Waals surface area contributed by atoms with Crippen LogP contribution < -0.4 is 5.32 Å². The van der Waals surface area contributed by atoms with E-state index in [-0.39, 0.29) is 6.61 Å². The molecule has 0 saturated carbocycles. The van der Waals surface area contributed by atoms with Crippen molar-refractivity contribution in [1.82, 2.24) is 5.32 Å². The molecule has 2 rings (SSSR count). The van der Waals surface area contributed by atoms with Crippen molar-refractivity contribution in [2.45, 2.75) is 26.0 Å². The van der Waals surface area contributed by atoms with Gasteiger partial charge in [-0.25, -0.2) is 0 Å². The average Bonchev–Trinajstić information content (AvgIpc) is 2.49. The van der Waals surface area contributed by atoms with E-state index in [1.54, 1.807) is 0 Å². The molecule has 0 aliphatic carbocycles. The van der Waals surface area contributed by atoms with Gasteiger partial charge in [0.2, 0.25) is 0 Å². The zero-order chi connectivity index (χ0) is 13.5. The van der Waals surface area contributed by atoms with Crippen LogP contribution >= 0.6 is 0 Å². The van der Waals surface area contributed by atoms with Crippen LogP contribution in [0.2, 0.25) is 0 Å². The molecular formula is C17H21NO. The van der Waals surface area contributed by atoms with Crippen LogP contribution in [-0.4, -0.2) is 11.7 Å². The number of hydrogen-bond donors (Lipinski definition) is 2. The minimum Gasteiger partial charge on any atom is -0.392 e. The lowest BCUT2D eigenvalue weighted by Gasteiger charge is -2.14. The Balaban J connectivity index is 1.79. The number of aliphatic hydroxyl groups excluding tert-OH is 1. The van der Waals surface area contributed by atoms with E-state index >= 15 is 0 Å². The number of benzene rings is 2. The summed E-state index contributed by atoms with van der Waals surface area (Å²) in [5, 5.41) is 12.5. The first-order valence-corrected chi connectivity index (χ1v) is 6.76. The Hall–Kier alpha value is -1.64. The summed E-state index contributed by atoms with van der Waals surface area (Å²) >= 11 is 0. The molecule has 0 amide bonds. The third-order valence-electron chi connectivity index (χ3n) is 3.37. The summed E-state index contributed by atoms with van der Waals surface area (Å²) in [6, 6.07) is 19.0. The highest BCUT2D eigenvalue weighted by Gasteiger charge is 2.03. The van der Waals surface area contributed by atoms with Crippen LogP contribution in [0.3, 0.4) is 0 Å². The molecule has 1 atom stereocenters. The smallest absolute Gasteiger partial charge is 0.0681 e. The van der Waals surface area contributed by atoms with Gasteiger partial charge < -0.3 is 10.4 Å². The molecule has 2 aromatic rings. The molecular weight excluding hydrogens is 234 g/mol. The maximum atomic E-state index is 8.99. The molecule has 2 aromatic carbocycles. The van der Waals surface area contributed by atoms with Crippen LogP contribution in [0.5, 0.6) is 0 Å². The van der Waals surface area contributed by atoms with Crippen LogP contribution in [0.15, 0.2) is 54.6 Å². The van der Waals surface area contributed by atoms with Crippen LogP contribution in [0.25, 0.3) is 0 Å². The van der Waals surface area contributed by atoms with Gasteiger partial charge in [0.15, 0.2) is 0 Å². The maximum Gasteiger partial charge on any atom is 0.0681 e. The molecule has 2 heteroatoms. The van der Waals surface area contributed by atoms with Gasteiger partial charge in [-0.15, -0.1) is 0 Å². The van der Waals surface area contributed by atoms with Gasteiger partial charge in [-0.3, -0.25) is 0 Å². The van der Waals surface area contributed by atoms with Crippen LogP contribution in [0.4, 0.5) is 0 Å². The first-order valence-electron chi connectivity index (χ1n) is 6.76. The molecule has 0 aromatic heterocycles. The second kappa shape index (κ2) is 7.07. The number of aliphatic hydroxyl groups is 1. The Labute approximate surface area is 115 Å². The Morgan fingerprint density at radius 3 is 2.21 bits per heavy atom. The van der Waals surface area contributed by atoms with E-state index in [9.17, 15) is 0 Å². The van der Waals surface area contributed by atoms with Crippen molar-refractivity contribution in [2.24, 2.45) is 0 Å². The first-order chi connectivity index (χ1) is 9.29. The third-order valence-corrected chi connectivity index (χ3v) is 3.37. The standard InChI is InChI=1S/C17H21NO/c1-14(17-5-3-2-4-6-17)18-12-11-15-7-9-16(13-19)10-8-15/h2-10,14,18-19H,11-13H2,1H3. The van der Waals surface area contributed by atoms with Gasteiger partial charge in [-0.05, 0) is 36.6 Å². The van der Waals surface area contributed by atoms with E-state index in [4.69, 9.17) is 5.11 Å². The predicted molar refractivity (Wildman–Crippen MR) is 78.9 cm³/mol. The summed E-state index contributed by atoms with van der Waals surface area (Å²) in [6.07, 6.45) is 1.00. The molecule has 19 heavy (non-hydrogen) atoms. The van der Waals surface area contributed by atoms with E-state index in [1.807, 2.05) is 18.2 Å². The van der Waals surface area contributed by atoms with Gasteiger partial charge in [0, 0.05) is 6.04 Å². The Kier molecular flexibility index (Phi) is 5.13. The fourth-order valence-electron chi connectivity index (χ4n) is 2.10. The maximum absolute atomic E-state index is 8.99. The fraction of sp³-hybridized carbons (Fsp3) is 0.294. The first kappa shape index (κ1) is 13.8. The summed E-state index contributed by atoms with van der Waals surface area (Å²) in [4.78, 5) is 0. The summed E-state index contributed by atoms with van der Waals surface area (Å²) in [5.41, 5.74) is 3.58. The molecule has 0 spiro atoms. The molecule has 0 bridgehead atoms. The van der Waals surface area contributed by atoms with E-state index in [1.165, 1.54) is 11.1 Å². The van der Waals surface area contributed by atoms with Crippen molar-refractivity contribution in [3.63, 3.8) is 0 Å². The molecule has 100 valence electrons. The number of nitrogens with one attached hydrogen (secondary N) is 1. The minimum atomic E-state index is 0.115. The summed E-state index contributed by atoms with van der Waals surface area (Å²) < 4.78 is 0. The minimum absolute atomic E-state index is 0.115. The summed E-state index contributed by atoms with van der Waals surface area (Å²) in [6.45, 7) is 3.25. The van der Waals surface area contributed by atoms with E-state index in [2.05, 4.69) is 48.6 Å². The summed E-state index contributed by atoms with van der Waals surface area (Å²) in [5.74, 6) is 0. The van der Waals surface area contributed by atoms with Crippen LogP contribution in [0.1, 0.15) is 29.7 Å². The molecule has 0 fully saturated rings. The average molecular weight is 255 g/mol. The lowest BCUT2D eigenvalue weighted by molar-refractivity contribution is 0.282. The van der Waals surface area contributed by atoms with Crippen LogP contribution in [-0.2, 0) is 13.0 Å². The second-order valence-corrected chi connectivity index (χ2v) is 4.81. The SMILES string of the molecule is CC(NCCc1ccc(CO)cc1)c1ccccc1. The molecule has 0 aliphatic heterocycles. The van der Waals surface area contributed by atoms with Crippen molar-refractivity contribution in [3.8, 4) is 0 Å². The molecule has 0 aliphatic rings. The lowest BCUT2D eigenvalue weighted by atomic mass is 10.1. The second-order valence-electron chi connectivity index (χ2n) is 4.81. The largest absolute Gasteiger partial charge is 0.392 e.